The highest BCUT2D eigenvalue weighted by atomic mass is 35.5. The van der Waals surface area contributed by atoms with Crippen LogP contribution in [0.5, 0.6) is 11.5 Å². The minimum Gasteiger partial charge on any atom is -0.490 e. The van der Waals surface area contributed by atoms with Crippen LogP contribution in [0.2, 0.25) is 10.0 Å². The van der Waals surface area contributed by atoms with E-state index in [0.717, 1.165) is 5.56 Å². The van der Waals surface area contributed by atoms with Crippen LogP contribution in [0.3, 0.4) is 0 Å². The van der Waals surface area contributed by atoms with Gasteiger partial charge in [0.25, 0.3) is 5.91 Å². The average molecular weight is 531 g/mol. The van der Waals surface area contributed by atoms with Crippen LogP contribution in [0.1, 0.15) is 23.6 Å². The van der Waals surface area contributed by atoms with Crippen molar-refractivity contribution in [2.24, 2.45) is 4.99 Å². The summed E-state index contributed by atoms with van der Waals surface area (Å²) >= 11 is 13.9. The molecule has 1 fully saturated rings. The summed E-state index contributed by atoms with van der Waals surface area (Å²) in [7, 11) is 0. The van der Waals surface area contributed by atoms with Crippen LogP contribution in [0, 0.1) is 12.7 Å². The van der Waals surface area contributed by atoms with E-state index in [-0.39, 0.29) is 18.3 Å². The summed E-state index contributed by atoms with van der Waals surface area (Å²) in [5.41, 5.74) is 2.84. The van der Waals surface area contributed by atoms with Crippen LogP contribution in [0.4, 0.5) is 10.1 Å². The number of nitrogens with zero attached hydrogens (tertiary/aromatic N) is 1. The first-order valence-electron chi connectivity index (χ1n) is 10.7. The Hall–Kier alpha value is -3.00. The van der Waals surface area contributed by atoms with E-state index < -0.39 is 0 Å². The van der Waals surface area contributed by atoms with Gasteiger partial charge in [-0.1, -0.05) is 41.4 Å². The number of amidine groups is 1. The molecule has 1 amide bonds. The molecule has 0 unspecified atom stereocenters. The van der Waals surface area contributed by atoms with Crippen LogP contribution < -0.4 is 14.8 Å². The lowest BCUT2D eigenvalue weighted by atomic mass is 10.1. The van der Waals surface area contributed by atoms with E-state index in [4.69, 9.17) is 32.7 Å². The Balaban J connectivity index is 1.57. The van der Waals surface area contributed by atoms with Gasteiger partial charge in [-0.25, -0.2) is 9.38 Å². The second kappa shape index (κ2) is 11.2. The van der Waals surface area contributed by atoms with Crippen molar-refractivity contribution in [1.82, 2.24) is 5.32 Å². The van der Waals surface area contributed by atoms with E-state index in [1.165, 1.54) is 23.9 Å². The number of benzene rings is 3. The first kappa shape index (κ1) is 25.1. The number of hydrogen-bond acceptors (Lipinski definition) is 5. The normalized spacial score (nSPS) is 15.5. The number of thioether (sulfide) groups is 1. The zero-order valence-corrected chi connectivity index (χ0v) is 21.2. The maximum absolute atomic E-state index is 13.5. The lowest BCUT2D eigenvalue weighted by Gasteiger charge is -2.15. The Morgan fingerprint density at radius 2 is 1.89 bits per heavy atom. The Labute approximate surface area is 216 Å². The Morgan fingerprint density at radius 3 is 2.66 bits per heavy atom. The van der Waals surface area contributed by atoms with Gasteiger partial charge in [-0.2, -0.15) is 0 Å². The molecule has 0 spiro atoms. The van der Waals surface area contributed by atoms with Crippen LogP contribution in [-0.4, -0.2) is 17.7 Å². The number of amides is 1. The van der Waals surface area contributed by atoms with E-state index in [2.05, 4.69) is 10.3 Å². The summed E-state index contributed by atoms with van der Waals surface area (Å²) in [6, 6.07) is 15.0. The number of halogens is 3. The van der Waals surface area contributed by atoms with Crippen molar-refractivity contribution in [3.63, 3.8) is 0 Å². The molecular weight excluding hydrogens is 510 g/mol. The van der Waals surface area contributed by atoms with Gasteiger partial charge in [0.05, 0.1) is 22.2 Å². The van der Waals surface area contributed by atoms with E-state index in [1.807, 2.05) is 26.0 Å². The number of aliphatic imine (C=N–C) groups is 1. The first-order valence-corrected chi connectivity index (χ1v) is 12.3. The summed E-state index contributed by atoms with van der Waals surface area (Å²) in [5, 5.41) is 4.14. The highest BCUT2D eigenvalue weighted by Crippen LogP contribution is 2.39. The summed E-state index contributed by atoms with van der Waals surface area (Å²) in [6.07, 6.45) is 1.71. The van der Waals surface area contributed by atoms with Gasteiger partial charge < -0.3 is 14.8 Å². The molecule has 180 valence electrons. The van der Waals surface area contributed by atoms with Crippen LogP contribution in [-0.2, 0) is 11.4 Å². The topological polar surface area (TPSA) is 59.9 Å². The molecule has 5 nitrogen and oxygen atoms in total. The molecule has 1 aliphatic heterocycles. The molecule has 1 N–H and O–H groups in total. The number of hydrogen-bond donors (Lipinski definition) is 1. The highest BCUT2D eigenvalue weighted by Gasteiger charge is 2.24. The van der Waals surface area contributed by atoms with E-state index in [9.17, 15) is 9.18 Å². The molecule has 3 aromatic carbocycles. The quantitative estimate of drug-likeness (QED) is 0.325. The van der Waals surface area contributed by atoms with Crippen molar-refractivity contribution < 1.29 is 18.7 Å². The third-order valence-electron chi connectivity index (χ3n) is 5.01. The Morgan fingerprint density at radius 1 is 1.09 bits per heavy atom. The molecule has 0 aromatic heterocycles. The molecule has 0 atom stereocenters. The van der Waals surface area contributed by atoms with E-state index in [0.29, 0.717) is 55.0 Å². The maximum Gasteiger partial charge on any atom is 0.264 e. The predicted octanol–water partition coefficient (Wildman–Crippen LogP) is 7.31. The second-order valence-electron chi connectivity index (χ2n) is 7.55. The molecule has 35 heavy (non-hydrogen) atoms. The molecular formula is C26H21Cl2FN2O3S. The third-order valence-corrected chi connectivity index (χ3v) is 6.61. The fourth-order valence-electron chi connectivity index (χ4n) is 3.32. The van der Waals surface area contributed by atoms with Crippen molar-refractivity contribution in [3.8, 4) is 11.5 Å². The van der Waals surface area contributed by atoms with Crippen molar-refractivity contribution in [1.29, 1.82) is 0 Å². The fraction of sp³-hybridized carbons (Fsp3) is 0.154. The number of nitrogens with one attached hydrogen (secondary N) is 1. The minimum atomic E-state index is -0.343. The summed E-state index contributed by atoms with van der Waals surface area (Å²) in [5.74, 6) is 0.163. The maximum atomic E-state index is 13.5. The monoisotopic (exact) mass is 530 g/mol. The second-order valence-corrected chi connectivity index (χ2v) is 9.39. The summed E-state index contributed by atoms with van der Waals surface area (Å²) in [4.78, 5) is 17.5. The molecule has 0 bridgehead atoms. The smallest absolute Gasteiger partial charge is 0.264 e. The Bertz CT molecular complexity index is 1340. The van der Waals surface area contributed by atoms with Crippen LogP contribution in [0.25, 0.3) is 6.08 Å². The number of carbonyl (C=O) groups is 1. The molecule has 4 rings (SSSR count). The third kappa shape index (κ3) is 6.17. The summed E-state index contributed by atoms with van der Waals surface area (Å²) in [6.45, 7) is 4.22. The average Bonchev–Trinajstić information content (AvgIpc) is 3.15. The van der Waals surface area contributed by atoms with Crippen molar-refractivity contribution in [2.45, 2.75) is 20.5 Å². The predicted molar refractivity (Wildman–Crippen MR) is 140 cm³/mol. The zero-order valence-electron chi connectivity index (χ0n) is 18.9. The molecule has 0 saturated carbocycles. The van der Waals surface area contributed by atoms with Gasteiger partial charge in [0.2, 0.25) is 0 Å². The molecule has 9 heteroatoms. The van der Waals surface area contributed by atoms with Crippen molar-refractivity contribution in [2.75, 3.05) is 6.61 Å². The minimum absolute atomic E-state index is 0.124. The largest absolute Gasteiger partial charge is 0.490 e. The van der Waals surface area contributed by atoms with Crippen LogP contribution in [0.15, 0.2) is 64.5 Å². The molecule has 0 radical (unpaired) electrons. The molecule has 1 saturated heterocycles. The van der Waals surface area contributed by atoms with Gasteiger partial charge in [0, 0.05) is 5.02 Å². The van der Waals surface area contributed by atoms with Gasteiger partial charge >= 0.3 is 0 Å². The van der Waals surface area contributed by atoms with Gasteiger partial charge in [-0.3, -0.25) is 4.79 Å². The number of carbonyl (C=O) groups excluding carboxylic acids is 1. The Kier molecular flexibility index (Phi) is 8.00. The van der Waals surface area contributed by atoms with Gasteiger partial charge in [0.1, 0.15) is 12.4 Å². The zero-order chi connectivity index (χ0) is 24.9. The highest BCUT2D eigenvalue weighted by molar-refractivity contribution is 8.18. The van der Waals surface area contributed by atoms with Crippen molar-refractivity contribution in [3.05, 3.63) is 92.1 Å². The first-order chi connectivity index (χ1) is 16.8. The fourth-order valence-corrected chi connectivity index (χ4v) is 4.59. The van der Waals surface area contributed by atoms with Gasteiger partial charge in [-0.15, -0.1) is 0 Å². The lowest BCUT2D eigenvalue weighted by Crippen LogP contribution is -2.19. The van der Waals surface area contributed by atoms with Gasteiger partial charge in [0.15, 0.2) is 16.7 Å². The summed E-state index contributed by atoms with van der Waals surface area (Å²) < 4.78 is 25.1. The van der Waals surface area contributed by atoms with Crippen LogP contribution >= 0.6 is 35.0 Å². The van der Waals surface area contributed by atoms with E-state index in [1.54, 1.807) is 36.4 Å². The lowest BCUT2D eigenvalue weighted by molar-refractivity contribution is -0.115. The standard InChI is InChI=1S/C26H21Cl2FN2O3S/c1-3-33-22-12-17(11-20(28)24(22)34-14-16-6-4-7-18(29)10-16)13-23-25(32)31-26(35-23)30-21-9-5-8-19(27)15(21)2/h4-13H,3,14H2,1-2H3,(H,30,31,32)/b23-13+. The molecule has 1 aliphatic rings. The number of ether oxygens (including phenoxy) is 2. The van der Waals surface area contributed by atoms with E-state index >= 15 is 0 Å². The van der Waals surface area contributed by atoms with Gasteiger partial charge in [-0.05, 0) is 84.8 Å². The SMILES string of the molecule is CCOc1cc(/C=C2/SC(=Nc3cccc(Cl)c3C)NC2=O)cc(Cl)c1OCc1cccc(F)c1. The number of rotatable bonds is 7. The molecule has 1 heterocycles. The van der Waals surface area contributed by atoms with Crippen molar-refractivity contribution >= 4 is 57.8 Å². The molecule has 0 aliphatic carbocycles. The molecule has 3 aromatic rings.